The molecule has 0 saturated heterocycles. The topological polar surface area (TPSA) is 46.2 Å². The Morgan fingerprint density at radius 3 is 2.83 bits per heavy atom. The van der Waals surface area contributed by atoms with Crippen LogP contribution in [0.3, 0.4) is 0 Å². The molecule has 0 spiro atoms. The van der Waals surface area contributed by atoms with E-state index in [4.69, 9.17) is 17.3 Å². The first-order valence-electron chi connectivity index (χ1n) is 3.92. The Kier molecular flexibility index (Phi) is 3.38. The fourth-order valence-corrected chi connectivity index (χ4v) is 1.25. The zero-order chi connectivity index (χ0) is 8.97. The third-order valence-corrected chi connectivity index (χ3v) is 2.03. The fourth-order valence-electron chi connectivity index (χ4n) is 1.05. The summed E-state index contributed by atoms with van der Waals surface area (Å²) in [6.07, 6.45) is 1.65. The van der Waals surface area contributed by atoms with Gasteiger partial charge in [-0.3, -0.25) is 0 Å². The van der Waals surface area contributed by atoms with Crippen molar-refractivity contribution in [2.24, 2.45) is 5.73 Å². The molecule has 0 aliphatic rings. The van der Waals surface area contributed by atoms with E-state index >= 15 is 0 Å². The minimum Gasteiger partial charge on any atom is -0.506 e. The minimum absolute atomic E-state index is 0.188. The van der Waals surface area contributed by atoms with Crippen LogP contribution < -0.4 is 5.73 Å². The third-order valence-electron chi connectivity index (χ3n) is 1.72. The molecule has 1 aromatic carbocycles. The van der Waals surface area contributed by atoms with E-state index in [0.29, 0.717) is 11.6 Å². The number of phenols is 1. The van der Waals surface area contributed by atoms with Crippen molar-refractivity contribution in [3.8, 4) is 5.75 Å². The maximum absolute atomic E-state index is 9.45. The molecular formula is C9H12ClNO. The highest BCUT2D eigenvalue weighted by Gasteiger charge is 2.03. The maximum atomic E-state index is 9.45. The van der Waals surface area contributed by atoms with E-state index in [9.17, 15) is 5.11 Å². The molecule has 3 N–H and O–H groups in total. The van der Waals surface area contributed by atoms with Gasteiger partial charge in [-0.2, -0.15) is 0 Å². The van der Waals surface area contributed by atoms with Crippen LogP contribution in [0.2, 0.25) is 5.02 Å². The predicted molar refractivity (Wildman–Crippen MR) is 50.5 cm³/mol. The quantitative estimate of drug-likeness (QED) is 0.756. The van der Waals surface area contributed by atoms with Gasteiger partial charge in [0.15, 0.2) is 0 Å². The SMILES string of the molecule is NCCCc1cccc(Cl)c1O. The number of hydrogen-bond donors (Lipinski definition) is 2. The van der Waals surface area contributed by atoms with Crippen LogP contribution in [0.25, 0.3) is 0 Å². The lowest BCUT2D eigenvalue weighted by atomic mass is 10.1. The number of rotatable bonds is 3. The molecule has 0 atom stereocenters. The highest BCUT2D eigenvalue weighted by molar-refractivity contribution is 6.32. The number of benzene rings is 1. The van der Waals surface area contributed by atoms with Crippen LogP contribution in [0.5, 0.6) is 5.75 Å². The highest BCUT2D eigenvalue weighted by Crippen LogP contribution is 2.27. The molecule has 0 amide bonds. The molecule has 0 bridgehead atoms. The normalized spacial score (nSPS) is 10.2. The van der Waals surface area contributed by atoms with Crippen LogP contribution in [0.1, 0.15) is 12.0 Å². The van der Waals surface area contributed by atoms with Gasteiger partial charge in [0.2, 0.25) is 0 Å². The van der Waals surface area contributed by atoms with Gasteiger partial charge in [0.25, 0.3) is 0 Å². The van der Waals surface area contributed by atoms with Crippen molar-refractivity contribution >= 4 is 11.6 Å². The van der Waals surface area contributed by atoms with Gasteiger partial charge in [0.1, 0.15) is 5.75 Å². The van der Waals surface area contributed by atoms with Gasteiger partial charge in [-0.15, -0.1) is 0 Å². The van der Waals surface area contributed by atoms with E-state index in [2.05, 4.69) is 0 Å². The average molecular weight is 186 g/mol. The second-order valence-corrected chi connectivity index (χ2v) is 3.05. The monoisotopic (exact) mass is 185 g/mol. The average Bonchev–Trinajstić information content (AvgIpc) is 2.08. The van der Waals surface area contributed by atoms with Crippen LogP contribution in [-0.2, 0) is 6.42 Å². The van der Waals surface area contributed by atoms with Crippen molar-refractivity contribution in [3.63, 3.8) is 0 Å². The van der Waals surface area contributed by atoms with Crippen LogP contribution >= 0.6 is 11.6 Å². The van der Waals surface area contributed by atoms with Crippen molar-refractivity contribution in [2.75, 3.05) is 6.54 Å². The smallest absolute Gasteiger partial charge is 0.137 e. The molecule has 0 saturated carbocycles. The van der Waals surface area contributed by atoms with Crippen LogP contribution in [0.15, 0.2) is 18.2 Å². The van der Waals surface area contributed by atoms with Gasteiger partial charge in [0.05, 0.1) is 5.02 Å². The Balaban J connectivity index is 2.78. The van der Waals surface area contributed by atoms with Crippen LogP contribution in [-0.4, -0.2) is 11.7 Å². The van der Waals surface area contributed by atoms with Crippen LogP contribution in [0.4, 0.5) is 0 Å². The lowest BCUT2D eigenvalue weighted by Crippen LogP contribution is -2.00. The molecule has 3 heteroatoms. The van der Waals surface area contributed by atoms with Crippen molar-refractivity contribution < 1.29 is 5.11 Å². The molecule has 66 valence electrons. The summed E-state index contributed by atoms with van der Waals surface area (Å²) >= 11 is 5.71. The van der Waals surface area contributed by atoms with Gasteiger partial charge < -0.3 is 10.8 Å². The summed E-state index contributed by atoms with van der Waals surface area (Å²) in [7, 11) is 0. The lowest BCUT2D eigenvalue weighted by Gasteiger charge is -2.03. The molecule has 0 heterocycles. The summed E-state index contributed by atoms with van der Waals surface area (Å²) < 4.78 is 0. The first-order chi connectivity index (χ1) is 5.75. The molecule has 0 unspecified atom stereocenters. The molecule has 1 rings (SSSR count). The number of phenolic OH excluding ortho intramolecular Hbond substituents is 1. The van der Waals surface area contributed by atoms with Gasteiger partial charge in [-0.25, -0.2) is 0 Å². The lowest BCUT2D eigenvalue weighted by molar-refractivity contribution is 0.467. The van der Waals surface area contributed by atoms with E-state index in [-0.39, 0.29) is 5.75 Å². The molecule has 12 heavy (non-hydrogen) atoms. The van der Waals surface area contributed by atoms with Crippen molar-refractivity contribution in [2.45, 2.75) is 12.8 Å². The van der Waals surface area contributed by atoms with Gasteiger partial charge in [0, 0.05) is 0 Å². The summed E-state index contributed by atoms with van der Waals surface area (Å²) in [5.74, 6) is 0.188. The van der Waals surface area contributed by atoms with E-state index in [1.165, 1.54) is 0 Å². The standard InChI is InChI=1S/C9H12ClNO/c10-8-5-1-3-7(9(8)12)4-2-6-11/h1,3,5,12H,2,4,6,11H2. The van der Waals surface area contributed by atoms with Crippen molar-refractivity contribution in [3.05, 3.63) is 28.8 Å². The second kappa shape index (κ2) is 4.33. The van der Waals surface area contributed by atoms with Crippen molar-refractivity contribution in [1.82, 2.24) is 0 Å². The zero-order valence-electron chi connectivity index (χ0n) is 6.76. The second-order valence-electron chi connectivity index (χ2n) is 2.64. The van der Waals surface area contributed by atoms with E-state index in [1.54, 1.807) is 6.07 Å². The van der Waals surface area contributed by atoms with E-state index < -0.39 is 0 Å². The summed E-state index contributed by atoms with van der Waals surface area (Å²) in [6, 6.07) is 5.35. The molecule has 0 fully saturated rings. The Bertz CT molecular complexity index is 263. The Hall–Kier alpha value is -0.730. The molecule has 0 aliphatic carbocycles. The summed E-state index contributed by atoms with van der Waals surface area (Å²) in [5.41, 5.74) is 6.22. The highest BCUT2D eigenvalue weighted by atomic mass is 35.5. The number of nitrogens with two attached hydrogens (primary N) is 1. The number of hydrogen-bond acceptors (Lipinski definition) is 2. The van der Waals surface area contributed by atoms with E-state index in [1.807, 2.05) is 12.1 Å². The predicted octanol–water partition coefficient (Wildman–Crippen LogP) is 1.94. The molecule has 0 radical (unpaired) electrons. The Labute approximate surface area is 77.0 Å². The number of para-hydroxylation sites is 1. The molecule has 1 aromatic rings. The maximum Gasteiger partial charge on any atom is 0.137 e. The number of aryl methyl sites for hydroxylation is 1. The van der Waals surface area contributed by atoms with Gasteiger partial charge in [-0.05, 0) is 31.0 Å². The van der Waals surface area contributed by atoms with Crippen LogP contribution in [0, 0.1) is 0 Å². The Morgan fingerprint density at radius 1 is 1.42 bits per heavy atom. The summed E-state index contributed by atoms with van der Waals surface area (Å²) in [6.45, 7) is 0.631. The fraction of sp³-hybridized carbons (Fsp3) is 0.333. The number of halogens is 1. The molecule has 0 aliphatic heterocycles. The first kappa shape index (κ1) is 9.36. The largest absolute Gasteiger partial charge is 0.506 e. The molecular weight excluding hydrogens is 174 g/mol. The molecule has 0 aromatic heterocycles. The molecule has 2 nitrogen and oxygen atoms in total. The third kappa shape index (κ3) is 2.13. The van der Waals surface area contributed by atoms with Gasteiger partial charge in [-0.1, -0.05) is 23.7 Å². The first-order valence-corrected chi connectivity index (χ1v) is 4.30. The summed E-state index contributed by atoms with van der Waals surface area (Å²) in [4.78, 5) is 0. The summed E-state index contributed by atoms with van der Waals surface area (Å²) in [5, 5.41) is 9.86. The van der Waals surface area contributed by atoms with Crippen molar-refractivity contribution in [1.29, 1.82) is 0 Å². The Morgan fingerprint density at radius 2 is 2.17 bits per heavy atom. The minimum atomic E-state index is 0.188. The zero-order valence-corrected chi connectivity index (χ0v) is 7.51. The number of aromatic hydroxyl groups is 1. The van der Waals surface area contributed by atoms with Gasteiger partial charge >= 0.3 is 0 Å². The van der Waals surface area contributed by atoms with E-state index in [0.717, 1.165) is 18.4 Å².